The molecule has 18 heavy (non-hydrogen) atoms. The topological polar surface area (TPSA) is 60.2 Å². The minimum absolute atomic E-state index is 0.0525. The van der Waals surface area contributed by atoms with Crippen molar-refractivity contribution in [2.45, 2.75) is 44.8 Å². The average molecular weight is 251 g/mol. The maximum atomic E-state index is 5.44. The Labute approximate surface area is 107 Å². The fraction of sp³-hybridized carbons (Fsp3) is 0.846. The number of aromatic nitrogens is 2. The molecule has 1 aliphatic heterocycles. The third-order valence-electron chi connectivity index (χ3n) is 4.41. The summed E-state index contributed by atoms with van der Waals surface area (Å²) in [6.07, 6.45) is 4.76. The highest BCUT2D eigenvalue weighted by atomic mass is 16.5. The van der Waals surface area contributed by atoms with Gasteiger partial charge in [0.2, 0.25) is 11.7 Å². The number of methoxy groups -OCH3 is 1. The zero-order chi connectivity index (χ0) is 12.5. The molecule has 5 heteroatoms. The summed E-state index contributed by atoms with van der Waals surface area (Å²) in [5.74, 6) is 2.91. The first-order valence-corrected chi connectivity index (χ1v) is 6.93. The number of ether oxygens (including phenoxy) is 1. The zero-order valence-corrected chi connectivity index (χ0v) is 11.1. The van der Waals surface area contributed by atoms with Gasteiger partial charge in [0.25, 0.3) is 0 Å². The van der Waals surface area contributed by atoms with E-state index >= 15 is 0 Å². The summed E-state index contributed by atoms with van der Waals surface area (Å²) >= 11 is 0. The van der Waals surface area contributed by atoms with E-state index in [0.29, 0.717) is 11.7 Å². The van der Waals surface area contributed by atoms with Crippen LogP contribution in [-0.2, 0) is 4.74 Å². The Morgan fingerprint density at radius 2 is 2.39 bits per heavy atom. The van der Waals surface area contributed by atoms with Crippen molar-refractivity contribution in [1.82, 2.24) is 15.5 Å². The lowest BCUT2D eigenvalue weighted by atomic mass is 9.94. The van der Waals surface area contributed by atoms with E-state index in [1.54, 1.807) is 7.11 Å². The summed E-state index contributed by atoms with van der Waals surface area (Å²) in [7, 11) is 1.69. The Balaban J connectivity index is 1.77. The first-order chi connectivity index (χ1) is 8.83. The van der Waals surface area contributed by atoms with Gasteiger partial charge in [-0.2, -0.15) is 4.98 Å². The van der Waals surface area contributed by atoms with E-state index in [2.05, 4.69) is 22.4 Å². The molecule has 0 spiro atoms. The molecule has 1 saturated carbocycles. The van der Waals surface area contributed by atoms with Crippen LogP contribution in [0.1, 0.15) is 56.5 Å². The third kappa shape index (κ3) is 1.95. The monoisotopic (exact) mass is 251 g/mol. The van der Waals surface area contributed by atoms with Crippen molar-refractivity contribution >= 4 is 0 Å². The molecule has 5 nitrogen and oxygen atoms in total. The van der Waals surface area contributed by atoms with E-state index in [1.165, 1.54) is 19.3 Å². The number of hydrogen-bond acceptors (Lipinski definition) is 5. The molecule has 100 valence electrons. The molecule has 4 atom stereocenters. The summed E-state index contributed by atoms with van der Waals surface area (Å²) in [6.45, 7) is 3.15. The van der Waals surface area contributed by atoms with Crippen molar-refractivity contribution in [3.63, 3.8) is 0 Å². The Morgan fingerprint density at radius 1 is 1.50 bits per heavy atom. The van der Waals surface area contributed by atoms with Gasteiger partial charge in [-0.15, -0.1) is 0 Å². The Bertz CT molecular complexity index is 403. The highest BCUT2D eigenvalue weighted by Crippen LogP contribution is 2.43. The number of nitrogens with one attached hydrogen (secondary N) is 1. The second-order valence-corrected chi connectivity index (χ2v) is 5.36. The summed E-state index contributed by atoms with van der Waals surface area (Å²) < 4.78 is 10.8. The van der Waals surface area contributed by atoms with Crippen LogP contribution in [-0.4, -0.2) is 23.8 Å². The van der Waals surface area contributed by atoms with E-state index in [9.17, 15) is 0 Å². The Hall–Kier alpha value is -0.940. The normalized spacial score (nSPS) is 32.7. The molecule has 1 aromatic heterocycles. The molecule has 4 unspecified atom stereocenters. The van der Waals surface area contributed by atoms with Crippen LogP contribution in [0, 0.1) is 11.8 Å². The van der Waals surface area contributed by atoms with Crippen LogP contribution in [0.15, 0.2) is 4.52 Å². The molecular formula is C13H21N3O2. The molecular weight excluding hydrogens is 230 g/mol. The van der Waals surface area contributed by atoms with E-state index < -0.39 is 0 Å². The first-order valence-electron chi connectivity index (χ1n) is 6.93. The minimum atomic E-state index is -0.0525. The van der Waals surface area contributed by atoms with Crippen LogP contribution >= 0.6 is 0 Å². The standard InChI is InChI=1S/C13H21N3O2/c1-3-10(17-2)12-15-13(18-16-12)11-9-6-4-5-8(9)7-14-11/h8-11,14H,3-7H2,1-2H3. The molecule has 1 aliphatic carbocycles. The lowest BCUT2D eigenvalue weighted by molar-refractivity contribution is 0.0903. The lowest BCUT2D eigenvalue weighted by Gasteiger charge is -2.13. The van der Waals surface area contributed by atoms with Gasteiger partial charge in [0, 0.05) is 7.11 Å². The van der Waals surface area contributed by atoms with E-state index in [1.807, 2.05) is 0 Å². The van der Waals surface area contributed by atoms with Crippen molar-refractivity contribution < 1.29 is 9.26 Å². The van der Waals surface area contributed by atoms with Gasteiger partial charge in [-0.3, -0.25) is 0 Å². The van der Waals surface area contributed by atoms with Crippen LogP contribution in [0.3, 0.4) is 0 Å². The molecule has 0 aromatic carbocycles. The van der Waals surface area contributed by atoms with Crippen molar-refractivity contribution in [2.75, 3.05) is 13.7 Å². The summed E-state index contributed by atoms with van der Waals surface area (Å²) in [6, 6.07) is 0.258. The molecule has 0 radical (unpaired) electrons. The second kappa shape index (κ2) is 4.97. The summed E-state index contributed by atoms with van der Waals surface area (Å²) in [5, 5.41) is 7.59. The number of fused-ring (bicyclic) bond motifs is 1. The maximum Gasteiger partial charge on any atom is 0.244 e. The highest BCUT2D eigenvalue weighted by Gasteiger charge is 2.42. The van der Waals surface area contributed by atoms with Gasteiger partial charge in [0.1, 0.15) is 6.10 Å². The van der Waals surface area contributed by atoms with Crippen LogP contribution in [0.5, 0.6) is 0 Å². The number of rotatable bonds is 4. The molecule has 0 bridgehead atoms. The molecule has 1 N–H and O–H groups in total. The van der Waals surface area contributed by atoms with Crippen LogP contribution in [0.4, 0.5) is 0 Å². The van der Waals surface area contributed by atoms with Gasteiger partial charge < -0.3 is 14.6 Å². The smallest absolute Gasteiger partial charge is 0.244 e. The van der Waals surface area contributed by atoms with Crippen molar-refractivity contribution in [3.05, 3.63) is 11.7 Å². The predicted molar refractivity (Wildman–Crippen MR) is 65.9 cm³/mol. The Kier molecular flexibility index (Phi) is 3.35. The fourth-order valence-electron chi connectivity index (χ4n) is 3.42. The van der Waals surface area contributed by atoms with Gasteiger partial charge in [-0.25, -0.2) is 0 Å². The SMILES string of the molecule is CCC(OC)c1noc(C2NCC3CCCC32)n1. The number of hydrogen-bond donors (Lipinski definition) is 1. The number of nitrogens with zero attached hydrogens (tertiary/aromatic N) is 2. The highest BCUT2D eigenvalue weighted by molar-refractivity contribution is 5.04. The van der Waals surface area contributed by atoms with Crippen molar-refractivity contribution in [2.24, 2.45) is 11.8 Å². The van der Waals surface area contributed by atoms with Gasteiger partial charge in [-0.05, 0) is 37.6 Å². The van der Waals surface area contributed by atoms with Crippen LogP contribution < -0.4 is 5.32 Å². The van der Waals surface area contributed by atoms with Gasteiger partial charge in [0.15, 0.2) is 0 Å². The fourth-order valence-corrected chi connectivity index (χ4v) is 3.42. The lowest BCUT2D eigenvalue weighted by Crippen LogP contribution is -2.18. The third-order valence-corrected chi connectivity index (χ3v) is 4.41. The zero-order valence-electron chi connectivity index (χ0n) is 11.1. The quantitative estimate of drug-likeness (QED) is 0.889. The predicted octanol–water partition coefficient (Wildman–Crippen LogP) is 2.23. The molecule has 3 rings (SSSR count). The van der Waals surface area contributed by atoms with Crippen molar-refractivity contribution in [3.8, 4) is 0 Å². The van der Waals surface area contributed by atoms with Crippen LogP contribution in [0.2, 0.25) is 0 Å². The summed E-state index contributed by atoms with van der Waals surface area (Å²) in [5.41, 5.74) is 0. The van der Waals surface area contributed by atoms with Gasteiger partial charge in [-0.1, -0.05) is 18.5 Å². The Morgan fingerprint density at radius 3 is 3.17 bits per heavy atom. The van der Waals surface area contributed by atoms with Crippen LogP contribution in [0.25, 0.3) is 0 Å². The average Bonchev–Trinajstić information content (AvgIpc) is 3.04. The first kappa shape index (κ1) is 12.1. The molecule has 2 aliphatic rings. The van der Waals surface area contributed by atoms with Gasteiger partial charge >= 0.3 is 0 Å². The van der Waals surface area contributed by atoms with E-state index in [-0.39, 0.29) is 12.1 Å². The second-order valence-electron chi connectivity index (χ2n) is 5.36. The van der Waals surface area contributed by atoms with E-state index in [4.69, 9.17) is 9.26 Å². The van der Waals surface area contributed by atoms with E-state index in [0.717, 1.165) is 24.8 Å². The molecule has 1 aromatic rings. The molecule has 1 saturated heterocycles. The van der Waals surface area contributed by atoms with Gasteiger partial charge in [0.05, 0.1) is 6.04 Å². The minimum Gasteiger partial charge on any atom is -0.373 e. The largest absolute Gasteiger partial charge is 0.373 e. The van der Waals surface area contributed by atoms with Crippen molar-refractivity contribution in [1.29, 1.82) is 0 Å². The molecule has 2 heterocycles. The molecule has 0 amide bonds. The maximum absolute atomic E-state index is 5.44. The molecule has 2 fully saturated rings. The summed E-state index contributed by atoms with van der Waals surface area (Å²) in [4.78, 5) is 4.53.